The summed E-state index contributed by atoms with van der Waals surface area (Å²) in [5.41, 5.74) is -0.0675. The van der Waals surface area contributed by atoms with Crippen molar-refractivity contribution in [2.45, 2.75) is 43.6 Å². The fourth-order valence-electron chi connectivity index (χ4n) is 5.33. The van der Waals surface area contributed by atoms with E-state index in [1.807, 2.05) is 6.07 Å². The number of hydrogen-bond donors (Lipinski definition) is 3. The van der Waals surface area contributed by atoms with Gasteiger partial charge < -0.3 is 15.2 Å². The number of likely N-dealkylation sites (tertiary alicyclic amines) is 1. The van der Waals surface area contributed by atoms with Crippen LogP contribution in [0.2, 0.25) is 0 Å². The molecule has 0 unspecified atom stereocenters. The summed E-state index contributed by atoms with van der Waals surface area (Å²) in [6, 6.07) is 6.50. The van der Waals surface area contributed by atoms with Gasteiger partial charge in [-0.1, -0.05) is 18.2 Å². The number of aliphatic hydroxyl groups excluding tert-OH is 1. The van der Waals surface area contributed by atoms with E-state index < -0.39 is 29.5 Å². The average molecular weight is 385 g/mol. The zero-order chi connectivity index (χ0) is 19.6. The lowest BCUT2D eigenvalue weighted by atomic mass is 9.76. The van der Waals surface area contributed by atoms with Gasteiger partial charge in [-0.25, -0.2) is 0 Å². The van der Waals surface area contributed by atoms with E-state index in [0.29, 0.717) is 17.9 Å². The molecule has 0 bridgehead atoms. The van der Waals surface area contributed by atoms with E-state index in [1.54, 1.807) is 25.1 Å². The molecular formula is C20H23N3O5. The van der Waals surface area contributed by atoms with Crippen LogP contribution in [-0.4, -0.2) is 59.1 Å². The quantitative estimate of drug-likeness (QED) is 0.631. The molecule has 3 N–H and O–H groups in total. The van der Waals surface area contributed by atoms with Crippen molar-refractivity contribution >= 4 is 23.4 Å². The topological polar surface area (TPSA) is 108 Å². The Hall–Kier alpha value is -2.29. The molecule has 5 rings (SSSR count). The Bertz CT molecular complexity index is 865. The van der Waals surface area contributed by atoms with Gasteiger partial charge in [0.15, 0.2) is 0 Å². The van der Waals surface area contributed by atoms with Gasteiger partial charge in [-0.05, 0) is 25.8 Å². The summed E-state index contributed by atoms with van der Waals surface area (Å²) in [7, 11) is 0. The van der Waals surface area contributed by atoms with Crippen molar-refractivity contribution in [2.24, 2.45) is 11.8 Å². The molecule has 0 aromatic heterocycles. The van der Waals surface area contributed by atoms with Crippen molar-refractivity contribution in [1.82, 2.24) is 10.2 Å². The zero-order valence-electron chi connectivity index (χ0n) is 15.6. The van der Waals surface area contributed by atoms with E-state index in [0.717, 1.165) is 12.8 Å². The van der Waals surface area contributed by atoms with Crippen molar-refractivity contribution in [2.75, 3.05) is 18.5 Å². The number of fused-ring (bicyclic) bond motifs is 4. The van der Waals surface area contributed by atoms with E-state index in [9.17, 15) is 19.5 Å². The SMILES string of the molecule is C[C@H](O)[C@@H]1N[C@@]2(C(=O)Nc3ccccc32)[C@H]2C(=O)N(C[C@@H]3CCCO3)C(=O)[C@@H]12. The number of aliphatic hydroxyl groups is 1. The molecule has 148 valence electrons. The lowest BCUT2D eigenvalue weighted by Gasteiger charge is -2.30. The van der Waals surface area contributed by atoms with Crippen LogP contribution in [0, 0.1) is 11.8 Å². The maximum atomic E-state index is 13.4. The third kappa shape index (κ3) is 2.19. The van der Waals surface area contributed by atoms with Gasteiger partial charge in [0, 0.05) is 23.9 Å². The number of benzene rings is 1. The van der Waals surface area contributed by atoms with Crippen LogP contribution in [0.15, 0.2) is 24.3 Å². The van der Waals surface area contributed by atoms with E-state index >= 15 is 0 Å². The van der Waals surface area contributed by atoms with E-state index in [2.05, 4.69) is 10.6 Å². The Morgan fingerprint density at radius 2 is 2.07 bits per heavy atom. The average Bonchev–Trinajstić information content (AvgIpc) is 3.41. The first-order chi connectivity index (χ1) is 13.4. The number of para-hydroxylation sites is 1. The molecular weight excluding hydrogens is 362 g/mol. The summed E-state index contributed by atoms with van der Waals surface area (Å²) in [6.45, 7) is 2.41. The number of carbonyl (C=O) groups excluding carboxylic acids is 3. The van der Waals surface area contributed by atoms with Crippen molar-refractivity contribution in [3.63, 3.8) is 0 Å². The summed E-state index contributed by atoms with van der Waals surface area (Å²) in [6.07, 6.45) is 0.654. The highest BCUT2D eigenvalue weighted by atomic mass is 16.5. The smallest absolute Gasteiger partial charge is 0.250 e. The van der Waals surface area contributed by atoms with Crippen LogP contribution >= 0.6 is 0 Å². The standard InChI is InChI=1S/C20H23N3O5/c1-10(24)16-14-15(18(26)23(17(14)25)9-11-5-4-8-28-11)20(22-16)12-6-2-3-7-13(12)21-19(20)27/h2-3,6-7,10-11,14-16,22,24H,4-5,8-9H2,1H3,(H,21,27)/t10-,11-,14+,15+,16-,20+/m0/s1. The number of rotatable bonds is 3. The highest BCUT2D eigenvalue weighted by Gasteiger charge is 2.71. The van der Waals surface area contributed by atoms with Gasteiger partial charge in [-0.3, -0.25) is 24.6 Å². The zero-order valence-corrected chi connectivity index (χ0v) is 15.6. The fourth-order valence-corrected chi connectivity index (χ4v) is 5.33. The second-order valence-electron chi connectivity index (χ2n) is 8.14. The van der Waals surface area contributed by atoms with Gasteiger partial charge >= 0.3 is 0 Å². The molecule has 3 fully saturated rings. The number of imide groups is 1. The van der Waals surface area contributed by atoms with Crippen LogP contribution in [0.4, 0.5) is 5.69 Å². The Balaban J connectivity index is 1.59. The summed E-state index contributed by atoms with van der Waals surface area (Å²) >= 11 is 0. The van der Waals surface area contributed by atoms with Gasteiger partial charge in [0.05, 0.1) is 30.6 Å². The minimum absolute atomic E-state index is 0.162. The third-order valence-electron chi connectivity index (χ3n) is 6.58. The van der Waals surface area contributed by atoms with Crippen molar-refractivity contribution in [1.29, 1.82) is 0 Å². The third-order valence-corrected chi connectivity index (χ3v) is 6.58. The van der Waals surface area contributed by atoms with Crippen LogP contribution in [0.5, 0.6) is 0 Å². The maximum absolute atomic E-state index is 13.4. The number of amides is 3. The van der Waals surface area contributed by atoms with Crippen LogP contribution in [-0.2, 0) is 24.7 Å². The molecule has 4 aliphatic rings. The second-order valence-corrected chi connectivity index (χ2v) is 8.14. The van der Waals surface area contributed by atoms with Gasteiger partial charge in [-0.15, -0.1) is 0 Å². The van der Waals surface area contributed by atoms with Crippen molar-refractivity contribution in [3.8, 4) is 0 Å². The Labute approximate surface area is 162 Å². The van der Waals surface area contributed by atoms with Gasteiger partial charge in [0.1, 0.15) is 5.54 Å². The summed E-state index contributed by atoms with van der Waals surface area (Å²) < 4.78 is 5.61. The first-order valence-corrected chi connectivity index (χ1v) is 9.78. The molecule has 4 heterocycles. The highest BCUT2D eigenvalue weighted by molar-refractivity contribution is 6.15. The summed E-state index contributed by atoms with van der Waals surface area (Å²) in [5.74, 6) is -2.73. The van der Waals surface area contributed by atoms with Gasteiger partial charge in [-0.2, -0.15) is 0 Å². The van der Waals surface area contributed by atoms with Crippen molar-refractivity contribution < 1.29 is 24.2 Å². The van der Waals surface area contributed by atoms with Crippen LogP contribution < -0.4 is 10.6 Å². The molecule has 28 heavy (non-hydrogen) atoms. The Morgan fingerprint density at radius 1 is 1.29 bits per heavy atom. The molecule has 4 aliphatic heterocycles. The highest BCUT2D eigenvalue weighted by Crippen LogP contribution is 2.53. The number of nitrogens with zero attached hydrogens (tertiary/aromatic N) is 1. The van der Waals surface area contributed by atoms with Gasteiger partial charge in [0.2, 0.25) is 17.7 Å². The molecule has 0 saturated carbocycles. The van der Waals surface area contributed by atoms with E-state index in [1.165, 1.54) is 4.90 Å². The van der Waals surface area contributed by atoms with Gasteiger partial charge in [0.25, 0.3) is 0 Å². The largest absolute Gasteiger partial charge is 0.392 e. The molecule has 8 heteroatoms. The summed E-state index contributed by atoms with van der Waals surface area (Å²) in [5, 5.41) is 16.4. The summed E-state index contributed by atoms with van der Waals surface area (Å²) in [4.78, 5) is 41.0. The molecule has 1 spiro atoms. The number of anilines is 1. The predicted octanol–water partition coefficient (Wildman–Crippen LogP) is -0.0332. The van der Waals surface area contributed by atoms with E-state index in [4.69, 9.17) is 4.74 Å². The molecule has 3 saturated heterocycles. The molecule has 8 nitrogen and oxygen atoms in total. The normalized spacial score (nSPS) is 37.5. The monoisotopic (exact) mass is 385 g/mol. The molecule has 3 amide bonds. The second kappa shape index (κ2) is 6.10. The minimum atomic E-state index is -1.35. The lowest BCUT2D eigenvalue weighted by Crippen LogP contribution is -2.55. The fraction of sp³-hybridized carbons (Fsp3) is 0.550. The van der Waals surface area contributed by atoms with Crippen LogP contribution in [0.3, 0.4) is 0 Å². The van der Waals surface area contributed by atoms with Crippen LogP contribution in [0.25, 0.3) is 0 Å². The predicted molar refractivity (Wildman–Crippen MR) is 98.0 cm³/mol. The first kappa shape index (κ1) is 17.8. The molecule has 0 radical (unpaired) electrons. The van der Waals surface area contributed by atoms with Crippen LogP contribution in [0.1, 0.15) is 25.3 Å². The van der Waals surface area contributed by atoms with E-state index in [-0.39, 0.29) is 30.4 Å². The Kier molecular flexibility index (Phi) is 3.88. The Morgan fingerprint density at radius 3 is 2.79 bits per heavy atom. The molecule has 1 aromatic carbocycles. The number of ether oxygens (including phenoxy) is 1. The maximum Gasteiger partial charge on any atom is 0.250 e. The minimum Gasteiger partial charge on any atom is -0.392 e. The lowest BCUT2D eigenvalue weighted by molar-refractivity contribution is -0.144. The number of carbonyl (C=O) groups is 3. The first-order valence-electron chi connectivity index (χ1n) is 9.78. The molecule has 1 aromatic rings. The molecule has 6 atom stereocenters. The van der Waals surface area contributed by atoms with Crippen molar-refractivity contribution in [3.05, 3.63) is 29.8 Å². The molecule has 0 aliphatic carbocycles. The number of nitrogens with one attached hydrogen (secondary N) is 2. The number of hydrogen-bond acceptors (Lipinski definition) is 6.